The average molecular weight is 373 g/mol. The van der Waals surface area contributed by atoms with Gasteiger partial charge in [0.05, 0.1) is 5.56 Å². The van der Waals surface area contributed by atoms with Gasteiger partial charge in [0.1, 0.15) is 11.6 Å². The van der Waals surface area contributed by atoms with E-state index in [0.717, 1.165) is 42.0 Å². The van der Waals surface area contributed by atoms with E-state index in [1.807, 2.05) is 41.3 Å². The van der Waals surface area contributed by atoms with E-state index >= 15 is 0 Å². The minimum atomic E-state index is -0.184. The molecule has 5 heteroatoms. The SMILES string of the molecule is O=C(c1ccc(N2CCc3cc(F)ccc3C2)nc1)N1CCc2ccccc21. The summed E-state index contributed by atoms with van der Waals surface area (Å²) in [4.78, 5) is 21.5. The van der Waals surface area contributed by atoms with E-state index in [1.165, 1.54) is 11.6 Å². The van der Waals surface area contributed by atoms with Gasteiger partial charge in [-0.1, -0.05) is 24.3 Å². The normalized spacial score (nSPS) is 15.3. The number of hydrogen-bond donors (Lipinski definition) is 0. The number of fused-ring (bicyclic) bond motifs is 2. The fourth-order valence-electron chi connectivity index (χ4n) is 4.12. The molecule has 1 amide bonds. The average Bonchev–Trinajstić information content (AvgIpc) is 3.17. The Morgan fingerprint density at radius 3 is 2.64 bits per heavy atom. The number of halogens is 1. The van der Waals surface area contributed by atoms with Crippen LogP contribution in [0, 0.1) is 5.82 Å². The molecule has 0 bridgehead atoms. The van der Waals surface area contributed by atoms with Crippen LogP contribution in [0.25, 0.3) is 0 Å². The number of rotatable bonds is 2. The van der Waals surface area contributed by atoms with Crippen LogP contribution in [-0.4, -0.2) is 24.0 Å². The molecule has 2 aliphatic heterocycles. The summed E-state index contributed by atoms with van der Waals surface area (Å²) in [5.74, 6) is 0.647. The van der Waals surface area contributed by atoms with Gasteiger partial charge < -0.3 is 9.80 Å². The third-order valence-corrected chi connectivity index (χ3v) is 5.63. The summed E-state index contributed by atoms with van der Waals surface area (Å²) in [5, 5.41) is 0. The van der Waals surface area contributed by atoms with Gasteiger partial charge in [-0.3, -0.25) is 4.79 Å². The lowest BCUT2D eigenvalue weighted by molar-refractivity contribution is 0.0989. The zero-order chi connectivity index (χ0) is 19.1. The summed E-state index contributed by atoms with van der Waals surface area (Å²) in [6.07, 6.45) is 3.35. The van der Waals surface area contributed by atoms with Crippen LogP contribution in [0.3, 0.4) is 0 Å². The molecule has 0 N–H and O–H groups in total. The molecule has 0 aliphatic carbocycles. The number of hydrogen-bond acceptors (Lipinski definition) is 3. The van der Waals surface area contributed by atoms with Crippen molar-refractivity contribution in [3.8, 4) is 0 Å². The van der Waals surface area contributed by atoms with Crippen LogP contribution >= 0.6 is 0 Å². The highest BCUT2D eigenvalue weighted by atomic mass is 19.1. The van der Waals surface area contributed by atoms with Crippen molar-refractivity contribution in [1.82, 2.24) is 4.98 Å². The van der Waals surface area contributed by atoms with Crippen molar-refractivity contribution in [3.63, 3.8) is 0 Å². The minimum absolute atomic E-state index is 0.0107. The number of para-hydroxylation sites is 1. The Kier molecular flexibility index (Phi) is 4.08. The van der Waals surface area contributed by atoms with Crippen molar-refractivity contribution in [1.29, 1.82) is 0 Å². The molecule has 0 spiro atoms. The van der Waals surface area contributed by atoms with Gasteiger partial charge in [-0.15, -0.1) is 0 Å². The molecule has 0 unspecified atom stereocenters. The third kappa shape index (κ3) is 2.93. The summed E-state index contributed by atoms with van der Waals surface area (Å²) in [6.45, 7) is 2.20. The van der Waals surface area contributed by atoms with Gasteiger partial charge >= 0.3 is 0 Å². The highest BCUT2D eigenvalue weighted by Gasteiger charge is 2.25. The van der Waals surface area contributed by atoms with E-state index in [0.29, 0.717) is 18.7 Å². The first-order valence-corrected chi connectivity index (χ1v) is 9.57. The largest absolute Gasteiger partial charge is 0.352 e. The topological polar surface area (TPSA) is 36.4 Å². The molecule has 3 heterocycles. The molecule has 0 saturated heterocycles. The molecule has 140 valence electrons. The Morgan fingerprint density at radius 2 is 1.79 bits per heavy atom. The Bertz CT molecular complexity index is 1050. The number of pyridine rings is 1. The number of carbonyl (C=O) groups is 1. The number of aromatic nitrogens is 1. The number of benzene rings is 2. The fourth-order valence-corrected chi connectivity index (χ4v) is 4.12. The molecule has 28 heavy (non-hydrogen) atoms. The Balaban J connectivity index is 1.34. The lowest BCUT2D eigenvalue weighted by Crippen LogP contribution is -2.31. The number of nitrogens with zero attached hydrogens (tertiary/aromatic N) is 3. The molecule has 2 aliphatic rings. The van der Waals surface area contributed by atoms with E-state index < -0.39 is 0 Å². The molecule has 0 radical (unpaired) electrons. The zero-order valence-corrected chi connectivity index (χ0v) is 15.4. The predicted molar refractivity (Wildman–Crippen MR) is 107 cm³/mol. The molecule has 1 aromatic heterocycles. The molecular weight excluding hydrogens is 353 g/mol. The quantitative estimate of drug-likeness (QED) is 0.682. The summed E-state index contributed by atoms with van der Waals surface area (Å²) < 4.78 is 13.4. The highest BCUT2D eigenvalue weighted by molar-refractivity contribution is 6.07. The summed E-state index contributed by atoms with van der Waals surface area (Å²) in [7, 11) is 0. The minimum Gasteiger partial charge on any atom is -0.352 e. The van der Waals surface area contributed by atoms with E-state index in [1.54, 1.807) is 12.3 Å². The second kappa shape index (κ2) is 6.75. The molecule has 4 nitrogen and oxygen atoms in total. The third-order valence-electron chi connectivity index (χ3n) is 5.63. The van der Waals surface area contributed by atoms with Gasteiger partial charge in [0, 0.05) is 31.5 Å². The Hall–Kier alpha value is -3.21. The molecule has 0 fully saturated rings. The number of amides is 1. The summed E-state index contributed by atoms with van der Waals surface area (Å²) in [6, 6.07) is 16.8. The van der Waals surface area contributed by atoms with E-state index in [4.69, 9.17) is 0 Å². The van der Waals surface area contributed by atoms with Crippen molar-refractivity contribution in [2.45, 2.75) is 19.4 Å². The lowest BCUT2D eigenvalue weighted by atomic mass is 9.99. The maximum Gasteiger partial charge on any atom is 0.259 e. The first-order valence-electron chi connectivity index (χ1n) is 9.57. The fraction of sp³-hybridized carbons (Fsp3) is 0.217. The van der Waals surface area contributed by atoms with Gasteiger partial charge in [0.15, 0.2) is 0 Å². The zero-order valence-electron chi connectivity index (χ0n) is 15.4. The van der Waals surface area contributed by atoms with Gasteiger partial charge in [0.25, 0.3) is 5.91 Å². The van der Waals surface area contributed by atoms with Crippen molar-refractivity contribution >= 4 is 17.4 Å². The van der Waals surface area contributed by atoms with E-state index in [2.05, 4.69) is 16.0 Å². The Labute approximate surface area is 163 Å². The summed E-state index contributed by atoms with van der Waals surface area (Å²) >= 11 is 0. The number of anilines is 2. The molecule has 2 aromatic carbocycles. The first-order chi connectivity index (χ1) is 13.7. The van der Waals surface area contributed by atoms with Crippen LogP contribution in [0.5, 0.6) is 0 Å². The van der Waals surface area contributed by atoms with Crippen LogP contribution in [0.15, 0.2) is 60.8 Å². The monoisotopic (exact) mass is 373 g/mol. The van der Waals surface area contributed by atoms with Gasteiger partial charge in [-0.25, -0.2) is 9.37 Å². The van der Waals surface area contributed by atoms with Gasteiger partial charge in [-0.2, -0.15) is 0 Å². The smallest absolute Gasteiger partial charge is 0.259 e. The Morgan fingerprint density at radius 1 is 0.929 bits per heavy atom. The highest BCUT2D eigenvalue weighted by Crippen LogP contribution is 2.29. The molecule has 0 saturated carbocycles. The second-order valence-corrected chi connectivity index (χ2v) is 7.33. The van der Waals surface area contributed by atoms with Crippen molar-refractivity contribution in [2.24, 2.45) is 0 Å². The van der Waals surface area contributed by atoms with E-state index in [9.17, 15) is 9.18 Å². The summed E-state index contributed by atoms with van der Waals surface area (Å²) in [5.41, 5.74) is 5.00. The van der Waals surface area contributed by atoms with Gasteiger partial charge in [-0.05, 0) is 59.9 Å². The van der Waals surface area contributed by atoms with Crippen molar-refractivity contribution in [2.75, 3.05) is 22.9 Å². The van der Waals surface area contributed by atoms with Crippen LogP contribution in [-0.2, 0) is 19.4 Å². The molecule has 5 rings (SSSR count). The van der Waals surface area contributed by atoms with Crippen LogP contribution in [0.2, 0.25) is 0 Å². The molecule has 3 aromatic rings. The van der Waals surface area contributed by atoms with Crippen LogP contribution in [0.1, 0.15) is 27.0 Å². The maximum absolute atomic E-state index is 13.4. The van der Waals surface area contributed by atoms with Gasteiger partial charge in [0.2, 0.25) is 0 Å². The van der Waals surface area contributed by atoms with E-state index in [-0.39, 0.29) is 11.7 Å². The van der Waals surface area contributed by atoms with Crippen molar-refractivity contribution < 1.29 is 9.18 Å². The lowest BCUT2D eigenvalue weighted by Gasteiger charge is -2.30. The second-order valence-electron chi connectivity index (χ2n) is 7.33. The predicted octanol–water partition coefficient (Wildman–Crippen LogP) is 3.99. The number of carbonyl (C=O) groups excluding carboxylic acids is 1. The maximum atomic E-state index is 13.4. The van der Waals surface area contributed by atoms with Crippen LogP contribution < -0.4 is 9.80 Å². The first kappa shape index (κ1) is 16.9. The van der Waals surface area contributed by atoms with Crippen molar-refractivity contribution in [3.05, 3.63) is 88.9 Å². The molecular formula is C23H20FN3O. The molecule has 0 atom stereocenters. The standard InChI is InChI=1S/C23H20FN3O/c24-20-7-5-19-15-26(11-9-17(19)13-20)22-8-6-18(14-25-22)23(28)27-12-10-16-3-1-2-4-21(16)27/h1-8,13-14H,9-12,15H2. The van der Waals surface area contributed by atoms with Crippen LogP contribution in [0.4, 0.5) is 15.9 Å².